The second kappa shape index (κ2) is 12.6. The number of aliphatic imine (C=N–C) groups is 1. The molecule has 3 fully saturated rings. The molecule has 6 nitrogen and oxygen atoms in total. The third-order valence-corrected chi connectivity index (χ3v) is 7.15. The third kappa shape index (κ3) is 6.93. The standard InChI is InChI=1S/C26H43N5O/c1-2-27-26(31-14-11-23(21-31)20-30-15-17-32-18-16-30)28-19-24-9-5-6-10-25(24)22-29-12-7-3-4-8-13-29/h5-6,9-10,23H,2-4,7-8,11-22H2,1H3,(H,27,28). The fraction of sp³-hybridized carbons (Fsp3) is 0.731. The van der Waals surface area contributed by atoms with Gasteiger partial charge in [-0.05, 0) is 56.3 Å². The van der Waals surface area contributed by atoms with Gasteiger partial charge in [-0.2, -0.15) is 0 Å². The topological polar surface area (TPSA) is 43.3 Å². The Morgan fingerprint density at radius 1 is 0.969 bits per heavy atom. The lowest BCUT2D eigenvalue weighted by atomic mass is 10.1. The van der Waals surface area contributed by atoms with Crippen LogP contribution in [0.25, 0.3) is 0 Å². The zero-order valence-corrected chi connectivity index (χ0v) is 20.1. The zero-order chi connectivity index (χ0) is 22.0. The summed E-state index contributed by atoms with van der Waals surface area (Å²) in [5.74, 6) is 1.81. The van der Waals surface area contributed by atoms with E-state index in [1.165, 1.54) is 62.9 Å². The third-order valence-electron chi connectivity index (χ3n) is 7.15. The van der Waals surface area contributed by atoms with Crippen LogP contribution in [0.1, 0.15) is 50.2 Å². The Morgan fingerprint density at radius 2 is 1.72 bits per heavy atom. The average Bonchev–Trinajstić information content (AvgIpc) is 3.12. The Labute approximate surface area is 195 Å². The second-order valence-electron chi connectivity index (χ2n) is 9.64. The summed E-state index contributed by atoms with van der Waals surface area (Å²) in [5.41, 5.74) is 2.82. The van der Waals surface area contributed by atoms with Crippen LogP contribution in [-0.4, -0.2) is 86.2 Å². The highest BCUT2D eigenvalue weighted by atomic mass is 16.5. The normalized spacial score (nSPS) is 24.0. The van der Waals surface area contributed by atoms with E-state index in [0.717, 1.165) is 70.9 Å². The van der Waals surface area contributed by atoms with Crippen molar-refractivity contribution in [2.75, 3.05) is 65.6 Å². The molecular formula is C26H43N5O. The molecule has 3 heterocycles. The molecule has 3 saturated heterocycles. The van der Waals surface area contributed by atoms with Crippen molar-refractivity contribution in [3.8, 4) is 0 Å². The highest BCUT2D eigenvalue weighted by Gasteiger charge is 2.27. The van der Waals surface area contributed by atoms with E-state index < -0.39 is 0 Å². The van der Waals surface area contributed by atoms with Crippen LogP contribution in [-0.2, 0) is 17.8 Å². The van der Waals surface area contributed by atoms with Crippen molar-refractivity contribution in [1.29, 1.82) is 0 Å². The van der Waals surface area contributed by atoms with E-state index in [0.29, 0.717) is 0 Å². The number of nitrogens with zero attached hydrogens (tertiary/aromatic N) is 4. The summed E-state index contributed by atoms with van der Waals surface area (Å²) in [6.07, 6.45) is 6.71. The Bertz CT molecular complexity index is 710. The van der Waals surface area contributed by atoms with Crippen molar-refractivity contribution >= 4 is 5.96 Å². The molecule has 1 atom stereocenters. The van der Waals surface area contributed by atoms with Crippen LogP contribution in [0.2, 0.25) is 0 Å². The summed E-state index contributed by atoms with van der Waals surface area (Å²) < 4.78 is 5.51. The molecule has 3 aliphatic rings. The summed E-state index contributed by atoms with van der Waals surface area (Å²) in [7, 11) is 0. The summed E-state index contributed by atoms with van der Waals surface area (Å²) >= 11 is 0. The van der Waals surface area contributed by atoms with Gasteiger partial charge in [0.1, 0.15) is 0 Å². The first-order valence-corrected chi connectivity index (χ1v) is 12.9. The van der Waals surface area contributed by atoms with Gasteiger partial charge in [0, 0.05) is 45.8 Å². The number of morpholine rings is 1. The van der Waals surface area contributed by atoms with Crippen LogP contribution in [0.15, 0.2) is 29.3 Å². The minimum Gasteiger partial charge on any atom is -0.379 e. The van der Waals surface area contributed by atoms with Crippen molar-refractivity contribution in [3.05, 3.63) is 35.4 Å². The van der Waals surface area contributed by atoms with E-state index >= 15 is 0 Å². The Morgan fingerprint density at radius 3 is 2.47 bits per heavy atom. The summed E-state index contributed by atoms with van der Waals surface area (Å²) in [6, 6.07) is 8.92. The molecule has 1 N–H and O–H groups in total. The van der Waals surface area contributed by atoms with Crippen LogP contribution in [0.3, 0.4) is 0 Å². The number of ether oxygens (including phenoxy) is 1. The minimum absolute atomic E-state index is 0.729. The van der Waals surface area contributed by atoms with Gasteiger partial charge in [0.25, 0.3) is 0 Å². The van der Waals surface area contributed by atoms with E-state index in [1.807, 2.05) is 0 Å². The molecule has 0 spiro atoms. The number of rotatable bonds is 7. The van der Waals surface area contributed by atoms with Crippen molar-refractivity contribution in [1.82, 2.24) is 20.0 Å². The first-order valence-electron chi connectivity index (χ1n) is 12.9. The number of hydrogen-bond donors (Lipinski definition) is 1. The van der Waals surface area contributed by atoms with Crippen molar-refractivity contribution < 1.29 is 4.74 Å². The van der Waals surface area contributed by atoms with E-state index in [-0.39, 0.29) is 0 Å². The lowest BCUT2D eigenvalue weighted by molar-refractivity contribution is 0.0315. The summed E-state index contributed by atoms with van der Waals surface area (Å²) in [6.45, 7) is 14.7. The summed E-state index contributed by atoms with van der Waals surface area (Å²) in [4.78, 5) is 12.8. The molecule has 1 aromatic carbocycles. The highest BCUT2D eigenvalue weighted by molar-refractivity contribution is 5.80. The Balaban J connectivity index is 1.36. The van der Waals surface area contributed by atoms with Crippen molar-refractivity contribution in [3.63, 3.8) is 0 Å². The number of likely N-dealkylation sites (tertiary alicyclic amines) is 2. The lowest BCUT2D eigenvalue weighted by Gasteiger charge is -2.29. The van der Waals surface area contributed by atoms with Crippen LogP contribution < -0.4 is 5.32 Å². The molecule has 0 aromatic heterocycles. The van der Waals surface area contributed by atoms with E-state index in [4.69, 9.17) is 9.73 Å². The molecule has 0 radical (unpaired) electrons. The average molecular weight is 442 g/mol. The fourth-order valence-electron chi connectivity index (χ4n) is 5.31. The highest BCUT2D eigenvalue weighted by Crippen LogP contribution is 2.20. The molecule has 178 valence electrons. The molecule has 1 unspecified atom stereocenters. The van der Waals surface area contributed by atoms with Gasteiger partial charge in [-0.15, -0.1) is 0 Å². The number of nitrogens with one attached hydrogen (secondary N) is 1. The quantitative estimate of drug-likeness (QED) is 0.520. The molecule has 3 aliphatic heterocycles. The molecule has 4 rings (SSSR count). The number of benzene rings is 1. The van der Waals surface area contributed by atoms with Crippen LogP contribution >= 0.6 is 0 Å². The van der Waals surface area contributed by atoms with Gasteiger partial charge in [0.05, 0.1) is 19.8 Å². The Hall–Kier alpha value is -1.63. The van der Waals surface area contributed by atoms with Gasteiger partial charge in [0.2, 0.25) is 0 Å². The van der Waals surface area contributed by atoms with Crippen LogP contribution in [0, 0.1) is 5.92 Å². The molecule has 32 heavy (non-hydrogen) atoms. The van der Waals surface area contributed by atoms with Gasteiger partial charge >= 0.3 is 0 Å². The molecule has 1 aromatic rings. The predicted octanol–water partition coefficient (Wildman–Crippen LogP) is 3.18. The van der Waals surface area contributed by atoms with Gasteiger partial charge in [-0.25, -0.2) is 4.99 Å². The van der Waals surface area contributed by atoms with Crippen LogP contribution in [0.4, 0.5) is 0 Å². The maximum Gasteiger partial charge on any atom is 0.194 e. The van der Waals surface area contributed by atoms with Crippen molar-refractivity contribution in [2.24, 2.45) is 10.9 Å². The maximum atomic E-state index is 5.51. The first-order chi connectivity index (χ1) is 15.8. The predicted molar refractivity (Wildman–Crippen MR) is 132 cm³/mol. The van der Waals surface area contributed by atoms with Gasteiger partial charge in [-0.3, -0.25) is 9.80 Å². The lowest BCUT2D eigenvalue weighted by Crippen LogP contribution is -2.42. The SMILES string of the molecule is CCNC(=NCc1ccccc1CN1CCCCCC1)N1CCC(CN2CCOCC2)C1. The first kappa shape index (κ1) is 23.5. The minimum atomic E-state index is 0.729. The van der Waals surface area contributed by atoms with Gasteiger partial charge in [0.15, 0.2) is 5.96 Å². The van der Waals surface area contributed by atoms with Crippen molar-refractivity contribution in [2.45, 2.75) is 52.1 Å². The largest absolute Gasteiger partial charge is 0.379 e. The summed E-state index contributed by atoms with van der Waals surface area (Å²) in [5, 5.41) is 3.56. The monoisotopic (exact) mass is 441 g/mol. The Kier molecular flexibility index (Phi) is 9.24. The van der Waals surface area contributed by atoms with E-state index in [9.17, 15) is 0 Å². The smallest absolute Gasteiger partial charge is 0.194 e. The number of guanidine groups is 1. The van der Waals surface area contributed by atoms with Gasteiger partial charge in [-0.1, -0.05) is 37.1 Å². The maximum absolute atomic E-state index is 5.51. The molecule has 0 bridgehead atoms. The second-order valence-corrected chi connectivity index (χ2v) is 9.64. The molecule has 6 heteroatoms. The van der Waals surface area contributed by atoms with E-state index in [2.05, 4.69) is 51.2 Å². The fourth-order valence-corrected chi connectivity index (χ4v) is 5.31. The zero-order valence-electron chi connectivity index (χ0n) is 20.1. The molecule has 0 saturated carbocycles. The van der Waals surface area contributed by atoms with Crippen LogP contribution in [0.5, 0.6) is 0 Å². The molecule has 0 amide bonds. The molecular weight excluding hydrogens is 398 g/mol. The van der Waals surface area contributed by atoms with Gasteiger partial charge < -0.3 is 15.0 Å². The van der Waals surface area contributed by atoms with E-state index in [1.54, 1.807) is 0 Å². The molecule has 0 aliphatic carbocycles. The number of hydrogen-bond acceptors (Lipinski definition) is 4.